The Balaban J connectivity index is 1.93. The van der Waals surface area contributed by atoms with E-state index in [0.717, 1.165) is 22.8 Å². The van der Waals surface area contributed by atoms with Crippen LogP contribution in [0.1, 0.15) is 0 Å². The molecule has 1 aromatic heterocycles. The first-order chi connectivity index (χ1) is 15.0. The van der Waals surface area contributed by atoms with Crippen LogP contribution in [0.25, 0.3) is 22.5 Å². The SMILES string of the molecule is O=[N+]([O-])c1ccc(N=c2cc(-c3ccccc3)cc(-c3ccccc3)o2)c([N+](=O)[O-])c1. The molecule has 152 valence electrons. The molecule has 8 nitrogen and oxygen atoms in total. The van der Waals surface area contributed by atoms with Gasteiger partial charge >= 0.3 is 5.69 Å². The zero-order chi connectivity index (χ0) is 21.8. The van der Waals surface area contributed by atoms with Crippen LogP contribution in [0.5, 0.6) is 0 Å². The number of nitrogens with zero attached hydrogens (tertiary/aromatic N) is 3. The smallest absolute Gasteiger partial charge is 0.301 e. The van der Waals surface area contributed by atoms with Crippen molar-refractivity contribution in [1.29, 1.82) is 0 Å². The summed E-state index contributed by atoms with van der Waals surface area (Å²) in [5.41, 5.74) is 1.79. The van der Waals surface area contributed by atoms with Crippen molar-refractivity contribution in [2.75, 3.05) is 0 Å². The second-order valence-corrected chi connectivity index (χ2v) is 6.58. The lowest BCUT2D eigenvalue weighted by atomic mass is 10.0. The van der Waals surface area contributed by atoms with Gasteiger partial charge in [0.25, 0.3) is 5.69 Å². The molecule has 0 atom stereocenters. The van der Waals surface area contributed by atoms with E-state index in [2.05, 4.69) is 4.99 Å². The summed E-state index contributed by atoms with van der Waals surface area (Å²) in [6, 6.07) is 25.8. The molecule has 0 saturated carbocycles. The van der Waals surface area contributed by atoms with E-state index in [0.29, 0.717) is 5.76 Å². The molecule has 31 heavy (non-hydrogen) atoms. The third-order valence-electron chi connectivity index (χ3n) is 4.54. The fourth-order valence-electron chi connectivity index (χ4n) is 3.07. The quantitative estimate of drug-likeness (QED) is 0.309. The summed E-state index contributed by atoms with van der Waals surface area (Å²) in [6.45, 7) is 0. The molecule has 0 spiro atoms. The third-order valence-corrected chi connectivity index (χ3v) is 4.54. The first-order valence-corrected chi connectivity index (χ1v) is 9.25. The Kier molecular flexibility index (Phi) is 5.35. The molecule has 0 N–H and O–H groups in total. The Morgan fingerprint density at radius 3 is 1.94 bits per heavy atom. The number of hydrogen-bond donors (Lipinski definition) is 0. The van der Waals surface area contributed by atoms with Crippen LogP contribution in [0.3, 0.4) is 0 Å². The summed E-state index contributed by atoms with van der Waals surface area (Å²) in [5, 5.41) is 22.4. The molecule has 0 bridgehead atoms. The first-order valence-electron chi connectivity index (χ1n) is 9.25. The number of nitro benzene ring substituents is 2. The van der Waals surface area contributed by atoms with Crippen molar-refractivity contribution in [3.05, 3.63) is 117 Å². The van der Waals surface area contributed by atoms with Gasteiger partial charge in [0.05, 0.1) is 15.9 Å². The number of rotatable bonds is 5. The molecule has 0 aliphatic heterocycles. The van der Waals surface area contributed by atoms with Gasteiger partial charge in [-0.2, -0.15) is 0 Å². The summed E-state index contributed by atoms with van der Waals surface area (Å²) in [5.74, 6) is 0.533. The average molecular weight is 413 g/mol. The Morgan fingerprint density at radius 1 is 0.677 bits per heavy atom. The second kappa shape index (κ2) is 8.42. The number of benzene rings is 3. The lowest BCUT2D eigenvalue weighted by Gasteiger charge is -2.06. The summed E-state index contributed by atoms with van der Waals surface area (Å²) < 4.78 is 5.92. The van der Waals surface area contributed by atoms with Gasteiger partial charge in [0.1, 0.15) is 11.4 Å². The van der Waals surface area contributed by atoms with Crippen molar-refractivity contribution in [3.63, 3.8) is 0 Å². The van der Waals surface area contributed by atoms with E-state index in [4.69, 9.17) is 4.42 Å². The maximum Gasteiger partial charge on any atom is 0.301 e. The van der Waals surface area contributed by atoms with E-state index >= 15 is 0 Å². The van der Waals surface area contributed by atoms with Gasteiger partial charge in [-0.1, -0.05) is 60.7 Å². The van der Waals surface area contributed by atoms with Crippen LogP contribution in [0.15, 0.2) is 100 Å². The minimum atomic E-state index is -0.703. The van der Waals surface area contributed by atoms with Gasteiger partial charge in [-0.05, 0) is 23.3 Å². The second-order valence-electron chi connectivity index (χ2n) is 6.58. The van der Waals surface area contributed by atoms with Crippen molar-refractivity contribution >= 4 is 17.1 Å². The van der Waals surface area contributed by atoms with E-state index in [1.54, 1.807) is 6.07 Å². The molecule has 0 aliphatic carbocycles. The normalized spacial score (nSPS) is 11.3. The van der Waals surface area contributed by atoms with E-state index < -0.39 is 15.5 Å². The molecule has 0 aliphatic rings. The zero-order valence-electron chi connectivity index (χ0n) is 16.0. The molecule has 0 amide bonds. The van der Waals surface area contributed by atoms with Crippen molar-refractivity contribution in [2.45, 2.75) is 0 Å². The summed E-state index contributed by atoms with van der Waals surface area (Å²) in [4.78, 5) is 25.3. The minimum absolute atomic E-state index is 0.0384. The topological polar surface area (TPSA) is 112 Å². The van der Waals surface area contributed by atoms with Crippen molar-refractivity contribution in [3.8, 4) is 22.5 Å². The highest BCUT2D eigenvalue weighted by Gasteiger charge is 2.19. The van der Waals surface area contributed by atoms with Crippen LogP contribution in [-0.2, 0) is 0 Å². The number of hydrogen-bond acceptors (Lipinski definition) is 6. The molecule has 4 aromatic rings. The lowest BCUT2D eigenvalue weighted by molar-refractivity contribution is -0.393. The Bertz CT molecular complexity index is 1270. The fourth-order valence-corrected chi connectivity index (χ4v) is 3.07. The fraction of sp³-hybridized carbons (Fsp3) is 0. The van der Waals surface area contributed by atoms with E-state index in [9.17, 15) is 20.2 Å². The molecular weight excluding hydrogens is 398 g/mol. The predicted octanol–water partition coefficient (Wildman–Crippen LogP) is 5.66. The van der Waals surface area contributed by atoms with Crippen molar-refractivity contribution < 1.29 is 14.3 Å². The third kappa shape index (κ3) is 4.38. The van der Waals surface area contributed by atoms with Crippen LogP contribution in [-0.4, -0.2) is 9.85 Å². The summed E-state index contributed by atoms with van der Waals surface area (Å²) >= 11 is 0. The van der Waals surface area contributed by atoms with E-state index in [1.165, 1.54) is 12.1 Å². The Hall–Kier alpha value is -4.59. The predicted molar refractivity (Wildman–Crippen MR) is 115 cm³/mol. The van der Waals surface area contributed by atoms with Crippen LogP contribution in [0.4, 0.5) is 17.1 Å². The van der Waals surface area contributed by atoms with Crippen LogP contribution >= 0.6 is 0 Å². The molecule has 0 unspecified atom stereocenters. The summed E-state index contributed by atoms with van der Waals surface area (Å²) in [6.07, 6.45) is 0. The van der Waals surface area contributed by atoms with Crippen LogP contribution < -0.4 is 5.55 Å². The molecular formula is C23H15N3O5. The van der Waals surface area contributed by atoms with Gasteiger partial charge < -0.3 is 4.42 Å². The monoisotopic (exact) mass is 413 g/mol. The maximum atomic E-state index is 11.5. The summed E-state index contributed by atoms with van der Waals surface area (Å²) in [7, 11) is 0. The standard InChI is InChI=1S/C23H15N3O5/c27-25(28)19-11-12-20(21(15-19)26(29)30)24-23-14-18(16-7-3-1-4-8-16)13-22(31-23)17-9-5-2-6-10-17/h1-15H. The van der Waals surface area contributed by atoms with Crippen molar-refractivity contribution in [2.24, 2.45) is 4.99 Å². The van der Waals surface area contributed by atoms with Crippen LogP contribution in [0, 0.1) is 20.2 Å². The molecule has 0 fully saturated rings. The van der Waals surface area contributed by atoms with Gasteiger partial charge in [0.15, 0.2) is 0 Å². The van der Waals surface area contributed by atoms with Gasteiger partial charge in [-0.25, -0.2) is 4.99 Å². The first kappa shape index (κ1) is 19.7. The van der Waals surface area contributed by atoms with E-state index in [1.807, 2.05) is 66.7 Å². The highest BCUT2D eigenvalue weighted by molar-refractivity contribution is 5.69. The van der Waals surface area contributed by atoms with Gasteiger partial charge in [0, 0.05) is 17.7 Å². The Morgan fingerprint density at radius 2 is 1.32 bits per heavy atom. The molecule has 0 radical (unpaired) electrons. The highest BCUT2D eigenvalue weighted by atomic mass is 16.6. The zero-order valence-corrected chi connectivity index (χ0v) is 16.0. The number of nitro groups is 2. The van der Waals surface area contributed by atoms with Gasteiger partial charge in [-0.3, -0.25) is 20.2 Å². The largest absolute Gasteiger partial charge is 0.438 e. The van der Waals surface area contributed by atoms with Crippen molar-refractivity contribution in [1.82, 2.24) is 0 Å². The Labute approximate surface area is 176 Å². The molecule has 3 aromatic carbocycles. The minimum Gasteiger partial charge on any atom is -0.438 e. The number of non-ortho nitro benzene ring substituents is 1. The molecule has 0 saturated heterocycles. The van der Waals surface area contributed by atoms with E-state index in [-0.39, 0.29) is 16.9 Å². The lowest BCUT2D eigenvalue weighted by Crippen LogP contribution is -2.02. The van der Waals surface area contributed by atoms with Crippen LogP contribution in [0.2, 0.25) is 0 Å². The van der Waals surface area contributed by atoms with Gasteiger partial charge in [0.2, 0.25) is 5.55 Å². The molecule has 8 heteroatoms. The van der Waals surface area contributed by atoms with Gasteiger partial charge in [-0.15, -0.1) is 0 Å². The maximum absolute atomic E-state index is 11.5. The average Bonchev–Trinajstić information content (AvgIpc) is 2.80. The molecule has 4 rings (SSSR count). The highest BCUT2D eigenvalue weighted by Crippen LogP contribution is 2.31. The molecule has 1 heterocycles.